The van der Waals surface area contributed by atoms with Crippen molar-refractivity contribution in [3.05, 3.63) is 0 Å². The van der Waals surface area contributed by atoms with E-state index in [9.17, 15) is 4.79 Å². The fourth-order valence-electron chi connectivity index (χ4n) is 1.92. The Balaban J connectivity index is 2.65. The predicted molar refractivity (Wildman–Crippen MR) is 55.1 cm³/mol. The van der Waals surface area contributed by atoms with E-state index in [1.807, 2.05) is 0 Å². The summed E-state index contributed by atoms with van der Waals surface area (Å²) < 4.78 is 0. The van der Waals surface area contributed by atoms with Crippen molar-refractivity contribution in [3.8, 4) is 0 Å². The van der Waals surface area contributed by atoms with Gasteiger partial charge in [-0.25, -0.2) is 0 Å². The number of hydrogen-bond donors (Lipinski definition) is 2. The summed E-state index contributed by atoms with van der Waals surface area (Å²) in [5, 5.41) is 8.92. The van der Waals surface area contributed by atoms with Crippen molar-refractivity contribution in [1.29, 1.82) is 0 Å². The molecule has 4 heteroatoms. The smallest absolute Gasteiger partial charge is 0.324 e. The number of carboxylic acid groups (broad SMARTS) is 1. The number of hydrogen-bond acceptors (Lipinski definition) is 3. The van der Waals surface area contributed by atoms with Crippen molar-refractivity contribution in [3.63, 3.8) is 0 Å². The molecule has 82 valence electrons. The molecule has 0 aromatic heterocycles. The average Bonchev–Trinajstić information content (AvgIpc) is 2.30. The molecule has 0 aromatic rings. The fourth-order valence-corrected chi connectivity index (χ4v) is 1.92. The van der Waals surface area contributed by atoms with Crippen LogP contribution in [0.4, 0.5) is 0 Å². The Labute approximate surface area is 85.1 Å². The van der Waals surface area contributed by atoms with E-state index in [-0.39, 0.29) is 5.54 Å². The van der Waals surface area contributed by atoms with Gasteiger partial charge >= 0.3 is 5.97 Å². The first-order valence-corrected chi connectivity index (χ1v) is 5.03. The highest BCUT2D eigenvalue weighted by molar-refractivity contribution is 5.78. The van der Waals surface area contributed by atoms with Crippen LogP contribution in [0.3, 0.4) is 0 Å². The van der Waals surface area contributed by atoms with Gasteiger partial charge in [-0.15, -0.1) is 0 Å². The summed E-state index contributed by atoms with van der Waals surface area (Å²) in [7, 11) is 0. The topological polar surface area (TPSA) is 66.6 Å². The lowest BCUT2D eigenvalue weighted by atomic mass is 9.98. The third-order valence-electron chi connectivity index (χ3n) is 3.08. The molecule has 1 aliphatic rings. The number of likely N-dealkylation sites (tertiary alicyclic amines) is 1. The summed E-state index contributed by atoms with van der Waals surface area (Å²) in [4.78, 5) is 13.0. The zero-order chi connectivity index (χ0) is 11.0. The molecule has 0 amide bonds. The van der Waals surface area contributed by atoms with Gasteiger partial charge in [-0.1, -0.05) is 0 Å². The van der Waals surface area contributed by atoms with Gasteiger partial charge in [0, 0.05) is 12.1 Å². The van der Waals surface area contributed by atoms with E-state index in [1.165, 1.54) is 0 Å². The van der Waals surface area contributed by atoms with E-state index in [0.717, 1.165) is 19.4 Å². The molecule has 0 radical (unpaired) electrons. The van der Waals surface area contributed by atoms with Gasteiger partial charge in [0.15, 0.2) is 0 Å². The molecule has 0 aliphatic carbocycles. The number of carboxylic acids is 1. The molecular formula is C10H20N2O2. The Morgan fingerprint density at radius 3 is 2.57 bits per heavy atom. The second-order valence-electron chi connectivity index (χ2n) is 5.06. The summed E-state index contributed by atoms with van der Waals surface area (Å²) in [5.74, 6) is -0.930. The van der Waals surface area contributed by atoms with E-state index in [2.05, 4.69) is 18.7 Å². The first-order valence-electron chi connectivity index (χ1n) is 5.03. The normalized spacial score (nSPS) is 26.0. The van der Waals surface area contributed by atoms with Gasteiger partial charge in [-0.05, 0) is 40.2 Å². The molecule has 4 nitrogen and oxygen atoms in total. The van der Waals surface area contributed by atoms with Gasteiger partial charge in [0.1, 0.15) is 5.54 Å². The summed E-state index contributed by atoms with van der Waals surface area (Å²) >= 11 is 0. The van der Waals surface area contributed by atoms with Gasteiger partial charge in [0.2, 0.25) is 0 Å². The molecule has 1 aliphatic heterocycles. The molecule has 1 saturated heterocycles. The third-order valence-corrected chi connectivity index (χ3v) is 3.08. The SMILES string of the molecule is CC(N)(CN1CCCC1(C)C)C(=O)O. The standard InChI is InChI=1S/C10H20N2O2/c1-9(2)5-4-6-12(9)7-10(3,11)8(13)14/h4-7,11H2,1-3H3,(H,13,14). The first kappa shape index (κ1) is 11.5. The number of rotatable bonds is 3. The molecule has 1 atom stereocenters. The molecule has 1 rings (SSSR count). The zero-order valence-corrected chi connectivity index (χ0v) is 9.21. The fraction of sp³-hybridized carbons (Fsp3) is 0.900. The zero-order valence-electron chi connectivity index (χ0n) is 9.21. The molecular weight excluding hydrogens is 180 g/mol. The Morgan fingerprint density at radius 1 is 1.64 bits per heavy atom. The van der Waals surface area contributed by atoms with E-state index < -0.39 is 11.5 Å². The number of nitrogens with two attached hydrogens (primary N) is 1. The second kappa shape index (κ2) is 3.51. The Hall–Kier alpha value is -0.610. The van der Waals surface area contributed by atoms with Gasteiger partial charge in [-0.2, -0.15) is 0 Å². The van der Waals surface area contributed by atoms with E-state index in [1.54, 1.807) is 6.92 Å². The van der Waals surface area contributed by atoms with Gasteiger partial charge in [0.25, 0.3) is 0 Å². The Kier molecular flexibility index (Phi) is 2.88. The largest absolute Gasteiger partial charge is 0.480 e. The summed E-state index contributed by atoms with van der Waals surface area (Å²) in [5.41, 5.74) is 4.68. The number of nitrogens with zero attached hydrogens (tertiary/aromatic N) is 1. The van der Waals surface area contributed by atoms with Crippen LogP contribution in [-0.4, -0.2) is 40.1 Å². The lowest BCUT2D eigenvalue weighted by Gasteiger charge is -2.35. The average molecular weight is 200 g/mol. The molecule has 1 heterocycles. The van der Waals surface area contributed by atoms with Crippen molar-refractivity contribution < 1.29 is 9.90 Å². The summed E-state index contributed by atoms with van der Waals surface area (Å²) in [6.45, 7) is 7.22. The highest BCUT2D eigenvalue weighted by Crippen LogP contribution is 2.29. The van der Waals surface area contributed by atoms with Crippen molar-refractivity contribution in [2.75, 3.05) is 13.1 Å². The minimum atomic E-state index is -1.14. The van der Waals surface area contributed by atoms with Crippen molar-refractivity contribution in [2.24, 2.45) is 5.73 Å². The van der Waals surface area contributed by atoms with Crippen LogP contribution in [0.25, 0.3) is 0 Å². The molecule has 0 bridgehead atoms. The molecule has 0 spiro atoms. The summed E-state index contributed by atoms with van der Waals surface area (Å²) in [6, 6.07) is 0. The van der Waals surface area contributed by atoms with Crippen LogP contribution in [0.2, 0.25) is 0 Å². The lowest BCUT2D eigenvalue weighted by molar-refractivity contribution is -0.143. The maximum absolute atomic E-state index is 10.9. The van der Waals surface area contributed by atoms with Crippen LogP contribution >= 0.6 is 0 Å². The van der Waals surface area contributed by atoms with Gasteiger partial charge in [-0.3, -0.25) is 9.69 Å². The Bertz CT molecular complexity index is 236. The first-order chi connectivity index (χ1) is 6.26. The van der Waals surface area contributed by atoms with Crippen molar-refractivity contribution >= 4 is 5.97 Å². The highest BCUT2D eigenvalue weighted by atomic mass is 16.4. The van der Waals surface area contributed by atoms with Crippen molar-refractivity contribution in [2.45, 2.75) is 44.7 Å². The van der Waals surface area contributed by atoms with Crippen LogP contribution in [-0.2, 0) is 4.79 Å². The highest BCUT2D eigenvalue weighted by Gasteiger charge is 2.38. The van der Waals surface area contributed by atoms with Crippen LogP contribution in [0.1, 0.15) is 33.6 Å². The maximum Gasteiger partial charge on any atom is 0.324 e. The Morgan fingerprint density at radius 2 is 2.21 bits per heavy atom. The molecule has 0 saturated carbocycles. The van der Waals surface area contributed by atoms with Crippen LogP contribution in [0.5, 0.6) is 0 Å². The van der Waals surface area contributed by atoms with Gasteiger partial charge in [0.05, 0.1) is 0 Å². The molecule has 0 aromatic carbocycles. The van der Waals surface area contributed by atoms with Crippen LogP contribution in [0.15, 0.2) is 0 Å². The quantitative estimate of drug-likeness (QED) is 0.702. The van der Waals surface area contributed by atoms with E-state index >= 15 is 0 Å². The summed E-state index contributed by atoms with van der Waals surface area (Å²) in [6.07, 6.45) is 2.24. The lowest BCUT2D eigenvalue weighted by Crippen LogP contribution is -2.56. The predicted octanol–water partition coefficient (Wildman–Crippen LogP) is 0.663. The van der Waals surface area contributed by atoms with Crippen LogP contribution in [0, 0.1) is 0 Å². The van der Waals surface area contributed by atoms with E-state index in [4.69, 9.17) is 10.8 Å². The molecule has 3 N–H and O–H groups in total. The molecule has 1 unspecified atom stereocenters. The third kappa shape index (κ3) is 2.25. The minimum Gasteiger partial charge on any atom is -0.480 e. The second-order valence-corrected chi connectivity index (χ2v) is 5.06. The molecule has 1 fully saturated rings. The molecule has 14 heavy (non-hydrogen) atoms. The maximum atomic E-state index is 10.9. The van der Waals surface area contributed by atoms with Gasteiger partial charge < -0.3 is 10.8 Å². The van der Waals surface area contributed by atoms with E-state index in [0.29, 0.717) is 6.54 Å². The number of carbonyl (C=O) groups is 1. The number of aliphatic carboxylic acids is 1. The minimum absolute atomic E-state index is 0.0933. The monoisotopic (exact) mass is 200 g/mol. The van der Waals surface area contributed by atoms with Crippen LogP contribution < -0.4 is 5.73 Å². The van der Waals surface area contributed by atoms with Crippen molar-refractivity contribution in [1.82, 2.24) is 4.90 Å².